The van der Waals surface area contributed by atoms with Gasteiger partial charge in [-0.3, -0.25) is 4.99 Å². The largest absolute Gasteiger partial charge is 0.507 e. The first-order chi connectivity index (χ1) is 7.34. The van der Waals surface area contributed by atoms with Crippen LogP contribution < -0.4 is 0 Å². The molecule has 0 spiro atoms. The lowest BCUT2D eigenvalue weighted by Gasteiger charge is -1.96. The molecule has 0 saturated heterocycles. The number of aromatic hydroxyl groups is 1. The van der Waals surface area contributed by atoms with E-state index in [0.29, 0.717) is 13.1 Å². The topological polar surface area (TPSA) is 57.3 Å². The van der Waals surface area contributed by atoms with Crippen LogP contribution in [0.1, 0.15) is 12.0 Å². The number of para-hydroxylation sites is 1. The lowest BCUT2D eigenvalue weighted by atomic mass is 10.2. The van der Waals surface area contributed by atoms with E-state index in [0.717, 1.165) is 12.0 Å². The van der Waals surface area contributed by atoms with E-state index in [4.69, 9.17) is 0 Å². The van der Waals surface area contributed by atoms with Crippen molar-refractivity contribution >= 4 is 16.6 Å². The number of phenols is 1. The van der Waals surface area contributed by atoms with E-state index in [2.05, 4.69) is 25.3 Å². The molecule has 0 fully saturated rings. The molecule has 1 aromatic carbocycles. The minimum atomic E-state index is 0.251. The average molecular weight is 218 g/mol. The quantitative estimate of drug-likeness (QED) is 0.348. The Labute approximate surface area is 92.3 Å². The van der Waals surface area contributed by atoms with Crippen LogP contribution >= 0.6 is 0 Å². The predicted molar refractivity (Wildman–Crippen MR) is 60.7 cm³/mol. The summed E-state index contributed by atoms with van der Waals surface area (Å²) >= 11 is 0. The Morgan fingerprint density at radius 1 is 1.27 bits per heavy atom. The third-order valence-electron chi connectivity index (χ3n) is 1.78. The fourth-order valence-electron chi connectivity index (χ4n) is 1.04. The fourth-order valence-corrected chi connectivity index (χ4v) is 1.14. The van der Waals surface area contributed by atoms with Crippen LogP contribution in [0.5, 0.6) is 5.75 Å². The van der Waals surface area contributed by atoms with Gasteiger partial charge in [0.15, 0.2) is 0 Å². The summed E-state index contributed by atoms with van der Waals surface area (Å²) in [6, 6.07) is 7.10. The summed E-state index contributed by atoms with van der Waals surface area (Å²) in [7, 11) is 2.90. The molecule has 0 aromatic heterocycles. The second-order valence-corrected chi connectivity index (χ2v) is 3.11. The van der Waals surface area contributed by atoms with Crippen molar-refractivity contribution in [2.45, 2.75) is 6.42 Å². The van der Waals surface area contributed by atoms with Crippen LogP contribution in [0.3, 0.4) is 0 Å². The van der Waals surface area contributed by atoms with E-state index < -0.39 is 0 Å². The minimum Gasteiger partial charge on any atom is -0.507 e. The normalized spacial score (nSPS) is 11.5. The monoisotopic (exact) mass is 218 g/mol. The highest BCUT2D eigenvalue weighted by atomic mass is 28.2. The Bertz CT molecular complexity index is 352. The highest BCUT2D eigenvalue weighted by Crippen LogP contribution is 2.12. The maximum absolute atomic E-state index is 9.42. The van der Waals surface area contributed by atoms with Gasteiger partial charge >= 0.3 is 0 Å². The van der Waals surface area contributed by atoms with Crippen LogP contribution in [0.15, 0.2) is 39.2 Å². The van der Waals surface area contributed by atoms with E-state index in [1.807, 2.05) is 12.1 Å². The van der Waals surface area contributed by atoms with Gasteiger partial charge in [-0.25, -0.2) is 9.89 Å². The van der Waals surface area contributed by atoms with Crippen LogP contribution in [-0.4, -0.2) is 34.8 Å². The number of rotatable bonds is 5. The fraction of sp³-hybridized carbons (Fsp3) is 0.300. The Hall–Kier alpha value is -1.49. The number of benzene rings is 1. The third-order valence-corrected chi connectivity index (χ3v) is 1.92. The zero-order valence-corrected chi connectivity index (χ0v) is 9.30. The van der Waals surface area contributed by atoms with Crippen molar-refractivity contribution in [2.24, 2.45) is 14.9 Å². The molecule has 0 aliphatic heterocycles. The van der Waals surface area contributed by atoms with Gasteiger partial charge < -0.3 is 5.11 Å². The molecule has 1 aromatic rings. The maximum atomic E-state index is 9.42. The summed E-state index contributed by atoms with van der Waals surface area (Å²) in [6.45, 7) is 1.33. The predicted octanol–water partition coefficient (Wildman–Crippen LogP) is 1.74. The van der Waals surface area contributed by atoms with E-state index in [1.165, 1.54) is 0 Å². The molecular weight excluding hydrogens is 206 g/mol. The summed E-state index contributed by atoms with van der Waals surface area (Å²) in [4.78, 5) is 4.17. The first-order valence-electron chi connectivity index (χ1n) is 4.65. The maximum Gasteiger partial charge on any atom is 0.254 e. The van der Waals surface area contributed by atoms with Gasteiger partial charge in [-0.2, -0.15) is 0 Å². The smallest absolute Gasteiger partial charge is 0.254 e. The molecule has 77 valence electrons. The van der Waals surface area contributed by atoms with Crippen LogP contribution in [0, 0.1) is 0 Å². The van der Waals surface area contributed by atoms with Crippen molar-refractivity contribution in [3.05, 3.63) is 29.8 Å². The molecule has 4 nitrogen and oxygen atoms in total. The van der Waals surface area contributed by atoms with Crippen molar-refractivity contribution < 1.29 is 5.11 Å². The standard InChI is InChI=1S/C10H12N3OSi/c14-10-5-2-1-4-9(10)8-11-6-3-7-12-13-15/h1-2,4-5,8,14H,3,6-7H2. The molecule has 0 amide bonds. The summed E-state index contributed by atoms with van der Waals surface area (Å²) < 4.78 is 3.44. The second kappa shape index (κ2) is 6.89. The van der Waals surface area contributed by atoms with E-state index in [9.17, 15) is 5.11 Å². The number of hydrogen-bond acceptors (Lipinski definition) is 4. The van der Waals surface area contributed by atoms with Crippen molar-refractivity contribution in [3.8, 4) is 5.75 Å². The molecule has 1 N–H and O–H groups in total. The van der Waals surface area contributed by atoms with Crippen molar-refractivity contribution in [2.75, 3.05) is 13.1 Å². The van der Waals surface area contributed by atoms with Gasteiger partial charge in [0.05, 0.1) is 6.54 Å². The summed E-state index contributed by atoms with van der Waals surface area (Å²) in [5.74, 6) is 0.251. The van der Waals surface area contributed by atoms with Crippen LogP contribution in [0.4, 0.5) is 0 Å². The number of phenolic OH excluding ortho intramolecular Hbond substituents is 1. The van der Waals surface area contributed by atoms with Crippen molar-refractivity contribution in [1.82, 2.24) is 0 Å². The molecule has 0 aliphatic carbocycles. The molecule has 5 heteroatoms. The van der Waals surface area contributed by atoms with Gasteiger partial charge in [0.25, 0.3) is 10.4 Å². The lowest BCUT2D eigenvalue weighted by Crippen LogP contribution is -1.88. The zero-order valence-electron chi connectivity index (χ0n) is 8.30. The van der Waals surface area contributed by atoms with Gasteiger partial charge in [0.1, 0.15) is 5.75 Å². The second-order valence-electron chi connectivity index (χ2n) is 2.91. The SMILES string of the molecule is Oc1ccccc1C=NCCCN=N[Si]. The molecular formula is C10H12N3OSi. The van der Waals surface area contributed by atoms with Crippen molar-refractivity contribution in [3.63, 3.8) is 0 Å². The first kappa shape index (κ1) is 11.6. The third kappa shape index (κ3) is 4.50. The molecule has 15 heavy (non-hydrogen) atoms. The van der Waals surface area contributed by atoms with E-state index >= 15 is 0 Å². The highest BCUT2D eigenvalue weighted by Gasteiger charge is 1.93. The van der Waals surface area contributed by atoms with Gasteiger partial charge in [0, 0.05) is 18.3 Å². The van der Waals surface area contributed by atoms with Crippen LogP contribution in [0.25, 0.3) is 0 Å². The minimum absolute atomic E-state index is 0.251. The number of nitrogens with zero attached hydrogens (tertiary/aromatic N) is 3. The zero-order chi connectivity index (χ0) is 10.9. The number of hydrogen-bond donors (Lipinski definition) is 1. The molecule has 0 aliphatic rings. The summed E-state index contributed by atoms with van der Waals surface area (Å²) in [6.07, 6.45) is 2.51. The molecule has 0 bridgehead atoms. The van der Waals surface area contributed by atoms with Gasteiger partial charge in [-0.15, -0.1) is 0 Å². The van der Waals surface area contributed by atoms with E-state index in [-0.39, 0.29) is 5.75 Å². The lowest BCUT2D eigenvalue weighted by molar-refractivity contribution is 0.474. The Morgan fingerprint density at radius 3 is 2.80 bits per heavy atom. The molecule has 0 unspecified atom stereocenters. The van der Waals surface area contributed by atoms with E-state index in [1.54, 1.807) is 18.3 Å². The van der Waals surface area contributed by atoms with Gasteiger partial charge in [-0.05, 0) is 18.6 Å². The van der Waals surface area contributed by atoms with Crippen LogP contribution in [0.2, 0.25) is 0 Å². The Morgan fingerprint density at radius 2 is 2.07 bits per heavy atom. The Balaban J connectivity index is 2.35. The Kier molecular flexibility index (Phi) is 5.32. The summed E-state index contributed by atoms with van der Waals surface area (Å²) in [5, 5.41) is 13.2. The highest BCUT2D eigenvalue weighted by molar-refractivity contribution is 6.04. The molecule has 1 rings (SSSR count). The average Bonchev–Trinajstić information content (AvgIpc) is 2.25. The molecule has 0 heterocycles. The molecule has 3 radical (unpaired) electrons. The van der Waals surface area contributed by atoms with Crippen LogP contribution in [-0.2, 0) is 0 Å². The first-order valence-corrected chi connectivity index (χ1v) is 5.10. The number of aliphatic imine (C=N–C) groups is 1. The van der Waals surface area contributed by atoms with Gasteiger partial charge in [-0.1, -0.05) is 12.1 Å². The summed E-state index contributed by atoms with van der Waals surface area (Å²) in [5.41, 5.74) is 0.735. The van der Waals surface area contributed by atoms with Gasteiger partial charge in [0.2, 0.25) is 0 Å². The molecule has 0 saturated carbocycles. The van der Waals surface area contributed by atoms with Crippen molar-refractivity contribution in [1.29, 1.82) is 0 Å². The molecule has 0 atom stereocenters.